The van der Waals surface area contributed by atoms with Gasteiger partial charge in [0.05, 0.1) is 17.9 Å². The molecule has 2 aromatic rings. The van der Waals surface area contributed by atoms with E-state index in [1.165, 1.54) is 10.4 Å². The number of carbonyl (C=O) groups excluding carboxylic acids is 1. The normalized spacial score (nSPS) is 15.3. The number of carbonyl (C=O) groups is 1. The van der Waals surface area contributed by atoms with E-state index in [9.17, 15) is 22.0 Å². The van der Waals surface area contributed by atoms with E-state index < -0.39 is 33.0 Å². The molecule has 0 atom stereocenters. The predicted molar refractivity (Wildman–Crippen MR) is 140 cm³/mol. The van der Waals surface area contributed by atoms with E-state index in [2.05, 4.69) is 15.6 Å². The molecule has 0 radical (unpaired) electrons. The summed E-state index contributed by atoms with van der Waals surface area (Å²) in [5, 5.41) is 15.5. The summed E-state index contributed by atoms with van der Waals surface area (Å²) >= 11 is 2.56. The Bertz CT molecular complexity index is 1100. The fourth-order valence-corrected chi connectivity index (χ4v) is 6.85. The van der Waals surface area contributed by atoms with Crippen LogP contribution in [0, 0.1) is 11.6 Å². The van der Waals surface area contributed by atoms with Crippen LogP contribution in [-0.2, 0) is 10.0 Å². The van der Waals surface area contributed by atoms with Crippen molar-refractivity contribution in [2.45, 2.75) is 25.3 Å². The Balaban J connectivity index is 1.46. The van der Waals surface area contributed by atoms with Gasteiger partial charge in [-0.05, 0) is 37.9 Å². The van der Waals surface area contributed by atoms with Gasteiger partial charge >= 0.3 is 0 Å². The molecule has 1 aliphatic rings. The Morgan fingerprint density at radius 1 is 1.22 bits per heavy atom. The highest BCUT2D eigenvalue weighted by Crippen LogP contribution is 2.30. The third-order valence-electron chi connectivity index (χ3n) is 5.64. The summed E-state index contributed by atoms with van der Waals surface area (Å²) in [5.74, 6) is -1.28. The lowest BCUT2D eigenvalue weighted by Gasteiger charge is -2.31. The highest BCUT2D eigenvalue weighted by molar-refractivity contribution is 7.99. The zero-order chi connectivity index (χ0) is 26.1. The van der Waals surface area contributed by atoms with Gasteiger partial charge < -0.3 is 21.5 Å². The standard InChI is InChI=1S/C22H31F2N5O4S3/c23-16-3-1-4-17(24)18(16)19(31)20-21(25)28-22(35-20)27-15-5-9-29(10-6-15)36(32,33)14-2-7-26-8-12-34-13-11-30/h1,3-4,15,26,30H,2,5-14,25H2,(H,27,28). The third kappa shape index (κ3) is 7.83. The van der Waals surface area contributed by atoms with E-state index in [1.807, 2.05) is 0 Å². The van der Waals surface area contributed by atoms with E-state index >= 15 is 0 Å². The number of halogens is 2. The first-order valence-corrected chi connectivity index (χ1v) is 15.2. The monoisotopic (exact) mass is 563 g/mol. The zero-order valence-corrected chi connectivity index (χ0v) is 22.2. The number of aliphatic hydroxyl groups is 1. The number of anilines is 2. The maximum atomic E-state index is 14.0. The van der Waals surface area contributed by atoms with Crippen molar-refractivity contribution in [3.05, 3.63) is 40.3 Å². The van der Waals surface area contributed by atoms with Crippen LogP contribution in [0.2, 0.25) is 0 Å². The molecule has 0 amide bonds. The molecular formula is C22H31F2N5O4S3. The van der Waals surface area contributed by atoms with Crippen molar-refractivity contribution in [2.24, 2.45) is 0 Å². The number of nitrogens with one attached hydrogen (secondary N) is 2. The Labute approximate surface area is 217 Å². The first kappa shape index (κ1) is 28.7. The zero-order valence-electron chi connectivity index (χ0n) is 19.7. The number of nitrogen functional groups attached to an aromatic ring is 1. The van der Waals surface area contributed by atoms with Crippen molar-refractivity contribution in [3.63, 3.8) is 0 Å². The number of rotatable bonds is 14. The molecule has 2 heterocycles. The smallest absolute Gasteiger partial charge is 0.214 e. The number of benzene rings is 1. The minimum atomic E-state index is -3.36. The number of sulfonamides is 1. The molecule has 1 fully saturated rings. The van der Waals surface area contributed by atoms with Crippen LogP contribution < -0.4 is 16.4 Å². The van der Waals surface area contributed by atoms with Crippen molar-refractivity contribution in [1.82, 2.24) is 14.6 Å². The molecule has 0 aliphatic carbocycles. The van der Waals surface area contributed by atoms with Crippen LogP contribution in [-0.4, -0.2) is 84.7 Å². The van der Waals surface area contributed by atoms with Gasteiger partial charge in [-0.1, -0.05) is 17.4 Å². The number of thioether (sulfide) groups is 1. The first-order chi connectivity index (χ1) is 17.2. The topological polar surface area (TPSA) is 138 Å². The number of aliphatic hydroxyl groups excluding tert-OH is 1. The van der Waals surface area contributed by atoms with E-state index in [1.54, 1.807) is 11.8 Å². The molecule has 200 valence electrons. The summed E-state index contributed by atoms with van der Waals surface area (Å²) < 4.78 is 54.8. The van der Waals surface area contributed by atoms with Crippen LogP contribution >= 0.6 is 23.1 Å². The van der Waals surface area contributed by atoms with Crippen molar-refractivity contribution in [2.75, 3.05) is 61.1 Å². The van der Waals surface area contributed by atoms with Gasteiger partial charge in [0.25, 0.3) is 0 Å². The molecular weight excluding hydrogens is 532 g/mol. The second-order valence-electron chi connectivity index (χ2n) is 8.23. The average molecular weight is 564 g/mol. The quantitative estimate of drug-likeness (QED) is 0.201. The SMILES string of the molecule is Nc1nc(NC2CCN(S(=O)(=O)CCCNCCSCCO)CC2)sc1C(=O)c1c(F)cccc1F. The van der Waals surface area contributed by atoms with Crippen LogP contribution in [0.15, 0.2) is 18.2 Å². The maximum Gasteiger partial charge on any atom is 0.214 e. The number of thiazole rings is 1. The van der Waals surface area contributed by atoms with Gasteiger partial charge in [-0.15, -0.1) is 0 Å². The molecule has 0 unspecified atom stereocenters. The van der Waals surface area contributed by atoms with Crippen LogP contribution in [0.4, 0.5) is 19.7 Å². The Morgan fingerprint density at radius 2 is 1.92 bits per heavy atom. The van der Waals surface area contributed by atoms with Gasteiger partial charge in [0, 0.05) is 37.2 Å². The lowest BCUT2D eigenvalue weighted by molar-refractivity contribution is 0.103. The molecule has 9 nitrogen and oxygen atoms in total. The molecule has 14 heteroatoms. The van der Waals surface area contributed by atoms with Crippen LogP contribution in [0.1, 0.15) is 34.5 Å². The number of nitrogens with zero attached hydrogens (tertiary/aromatic N) is 2. The van der Waals surface area contributed by atoms with E-state index in [4.69, 9.17) is 10.8 Å². The minimum absolute atomic E-state index is 0.0536. The van der Waals surface area contributed by atoms with E-state index in [-0.39, 0.29) is 29.1 Å². The number of hydrogen-bond donors (Lipinski definition) is 4. The van der Waals surface area contributed by atoms with Crippen molar-refractivity contribution >= 4 is 49.9 Å². The summed E-state index contributed by atoms with van der Waals surface area (Å²) in [5.41, 5.74) is 5.18. The number of hydrogen-bond acceptors (Lipinski definition) is 10. The Morgan fingerprint density at radius 3 is 2.58 bits per heavy atom. The number of aromatic nitrogens is 1. The molecule has 1 aromatic carbocycles. The molecule has 1 aromatic heterocycles. The van der Waals surface area contributed by atoms with Crippen LogP contribution in [0.3, 0.4) is 0 Å². The summed E-state index contributed by atoms with van der Waals surface area (Å²) in [6.45, 7) is 2.26. The lowest BCUT2D eigenvalue weighted by atomic mass is 10.1. The highest BCUT2D eigenvalue weighted by atomic mass is 32.2. The minimum Gasteiger partial charge on any atom is -0.396 e. The first-order valence-electron chi connectivity index (χ1n) is 11.6. The molecule has 0 bridgehead atoms. The van der Waals surface area contributed by atoms with Gasteiger partial charge in [-0.25, -0.2) is 26.5 Å². The Kier molecular flexibility index (Phi) is 10.9. The molecule has 3 rings (SSSR count). The fraction of sp³-hybridized carbons (Fsp3) is 0.545. The van der Waals surface area contributed by atoms with E-state index in [0.717, 1.165) is 35.8 Å². The van der Waals surface area contributed by atoms with Crippen molar-refractivity contribution in [3.8, 4) is 0 Å². The molecule has 0 saturated carbocycles. The number of nitrogens with two attached hydrogens (primary N) is 1. The second-order valence-corrected chi connectivity index (χ2v) is 12.5. The number of piperidine rings is 1. The summed E-state index contributed by atoms with van der Waals surface area (Å²) in [4.78, 5) is 16.7. The van der Waals surface area contributed by atoms with Crippen molar-refractivity contribution < 1.29 is 27.1 Å². The molecule has 1 aliphatic heterocycles. The molecule has 36 heavy (non-hydrogen) atoms. The van der Waals surface area contributed by atoms with Crippen LogP contribution in [0.25, 0.3) is 0 Å². The summed E-state index contributed by atoms with van der Waals surface area (Å²) in [6.07, 6.45) is 1.61. The maximum absolute atomic E-state index is 14.0. The second kappa shape index (κ2) is 13.6. The molecule has 5 N–H and O–H groups in total. The van der Waals surface area contributed by atoms with Gasteiger partial charge in [0.1, 0.15) is 22.3 Å². The largest absolute Gasteiger partial charge is 0.396 e. The van der Waals surface area contributed by atoms with Gasteiger partial charge in [0.2, 0.25) is 15.8 Å². The van der Waals surface area contributed by atoms with Gasteiger partial charge in [0.15, 0.2) is 5.13 Å². The summed E-state index contributed by atoms with van der Waals surface area (Å²) in [7, 11) is -3.36. The summed E-state index contributed by atoms with van der Waals surface area (Å²) in [6, 6.07) is 3.11. The average Bonchev–Trinajstić information content (AvgIpc) is 3.20. The van der Waals surface area contributed by atoms with Crippen molar-refractivity contribution in [1.29, 1.82) is 0 Å². The number of ketones is 1. The van der Waals surface area contributed by atoms with Gasteiger partial charge in [-0.2, -0.15) is 11.8 Å². The third-order valence-corrected chi connectivity index (χ3v) is 9.56. The van der Waals surface area contributed by atoms with E-state index in [0.29, 0.717) is 49.8 Å². The van der Waals surface area contributed by atoms with Gasteiger partial charge in [-0.3, -0.25) is 4.79 Å². The lowest BCUT2D eigenvalue weighted by Crippen LogP contribution is -2.43. The predicted octanol–water partition coefficient (Wildman–Crippen LogP) is 2.15. The van der Waals surface area contributed by atoms with Crippen LogP contribution in [0.5, 0.6) is 0 Å². The molecule has 0 spiro atoms. The fourth-order valence-electron chi connectivity index (χ4n) is 3.78. The Hall–Kier alpha value is -1.84. The molecule has 1 saturated heterocycles. The highest BCUT2D eigenvalue weighted by Gasteiger charge is 2.29.